The highest BCUT2D eigenvalue weighted by Gasteiger charge is 2.21. The molecule has 3 aromatic rings. The van der Waals surface area contributed by atoms with Crippen molar-refractivity contribution in [2.75, 3.05) is 18.4 Å². The first-order valence-electron chi connectivity index (χ1n) is 10.6. The van der Waals surface area contributed by atoms with Crippen LogP contribution in [0.15, 0.2) is 83.9 Å². The number of carbonyl (C=O) groups is 1. The normalized spacial score (nSPS) is 11.6. The molecule has 7 nitrogen and oxygen atoms in total. The minimum atomic E-state index is -3.52. The lowest BCUT2D eigenvalue weighted by molar-refractivity contribution is -0.111. The number of hydrogen-bond acceptors (Lipinski definition) is 5. The number of nitrogens with one attached hydrogen (secondary N) is 1. The van der Waals surface area contributed by atoms with Crippen LogP contribution in [0.4, 0.5) is 5.69 Å². The van der Waals surface area contributed by atoms with Crippen LogP contribution >= 0.6 is 0 Å². The first-order valence-corrected chi connectivity index (χ1v) is 12.1. The van der Waals surface area contributed by atoms with Gasteiger partial charge >= 0.3 is 0 Å². The van der Waals surface area contributed by atoms with Crippen LogP contribution in [0.1, 0.15) is 25.1 Å². The molecule has 1 N–H and O–H groups in total. The number of benzene rings is 2. The van der Waals surface area contributed by atoms with Gasteiger partial charge in [-0.1, -0.05) is 32.0 Å². The van der Waals surface area contributed by atoms with Crippen LogP contribution in [0.3, 0.4) is 0 Å². The Morgan fingerprint density at radius 2 is 1.70 bits per heavy atom. The third-order valence-corrected chi connectivity index (χ3v) is 6.95. The number of ether oxygens (including phenoxy) is 1. The second-order valence-corrected chi connectivity index (χ2v) is 9.05. The van der Waals surface area contributed by atoms with Crippen molar-refractivity contribution in [3.8, 4) is 5.75 Å². The molecule has 0 saturated heterocycles. The fraction of sp³-hybridized carbons (Fsp3) is 0.200. The summed E-state index contributed by atoms with van der Waals surface area (Å²) in [5.74, 6) is 0.395. The van der Waals surface area contributed by atoms with Crippen molar-refractivity contribution >= 4 is 27.7 Å². The van der Waals surface area contributed by atoms with E-state index in [2.05, 4.69) is 10.3 Å². The van der Waals surface area contributed by atoms with Gasteiger partial charge in [-0.2, -0.15) is 4.31 Å². The van der Waals surface area contributed by atoms with Gasteiger partial charge in [-0.3, -0.25) is 9.78 Å². The zero-order chi connectivity index (χ0) is 23.7. The number of pyridine rings is 1. The summed E-state index contributed by atoms with van der Waals surface area (Å²) in [7, 11) is -3.52. The first kappa shape index (κ1) is 24.2. The van der Waals surface area contributed by atoms with Gasteiger partial charge in [-0.25, -0.2) is 8.42 Å². The smallest absolute Gasteiger partial charge is 0.248 e. The fourth-order valence-corrected chi connectivity index (χ4v) is 4.55. The highest BCUT2D eigenvalue weighted by Crippen LogP contribution is 2.19. The Bertz CT molecular complexity index is 1170. The highest BCUT2D eigenvalue weighted by molar-refractivity contribution is 7.89. The van der Waals surface area contributed by atoms with E-state index in [1.54, 1.807) is 38.3 Å². The number of carbonyl (C=O) groups excluding carboxylic acids is 1. The maximum atomic E-state index is 12.5. The molecule has 0 bridgehead atoms. The molecule has 1 aromatic heterocycles. The molecule has 0 aliphatic rings. The molecule has 0 saturated carbocycles. The van der Waals surface area contributed by atoms with E-state index < -0.39 is 10.0 Å². The lowest BCUT2D eigenvalue weighted by Gasteiger charge is -2.18. The lowest BCUT2D eigenvalue weighted by Crippen LogP contribution is -2.30. The average Bonchev–Trinajstić information content (AvgIpc) is 2.84. The van der Waals surface area contributed by atoms with Crippen molar-refractivity contribution < 1.29 is 17.9 Å². The third-order valence-electron chi connectivity index (χ3n) is 4.89. The Kier molecular flexibility index (Phi) is 8.34. The molecule has 1 amide bonds. The molecule has 8 heteroatoms. The van der Waals surface area contributed by atoms with Crippen LogP contribution in [-0.2, 0) is 21.4 Å². The molecule has 1 heterocycles. The van der Waals surface area contributed by atoms with E-state index in [9.17, 15) is 13.2 Å². The fourth-order valence-electron chi connectivity index (χ4n) is 3.09. The number of sulfonamides is 1. The van der Waals surface area contributed by atoms with E-state index in [0.29, 0.717) is 31.1 Å². The van der Waals surface area contributed by atoms with Crippen LogP contribution in [0.2, 0.25) is 0 Å². The summed E-state index contributed by atoms with van der Waals surface area (Å²) in [6, 6.07) is 19.2. The molecule has 0 fully saturated rings. The predicted octanol–water partition coefficient (Wildman–Crippen LogP) is 4.34. The average molecular weight is 466 g/mol. The van der Waals surface area contributed by atoms with Gasteiger partial charge in [-0.05, 0) is 60.2 Å². The van der Waals surface area contributed by atoms with Gasteiger partial charge in [-0.15, -0.1) is 0 Å². The third kappa shape index (κ3) is 6.74. The summed E-state index contributed by atoms with van der Waals surface area (Å²) >= 11 is 0. The predicted molar refractivity (Wildman–Crippen MR) is 129 cm³/mol. The quantitative estimate of drug-likeness (QED) is 0.450. The Morgan fingerprint density at radius 3 is 2.30 bits per heavy atom. The summed E-state index contributed by atoms with van der Waals surface area (Å²) < 4.78 is 32.2. The molecule has 0 atom stereocenters. The summed E-state index contributed by atoms with van der Waals surface area (Å²) in [4.78, 5) is 16.7. The Morgan fingerprint density at radius 1 is 1.00 bits per heavy atom. The number of nitrogens with zero attached hydrogens (tertiary/aromatic N) is 2. The van der Waals surface area contributed by atoms with E-state index in [1.165, 1.54) is 22.5 Å². The minimum absolute atomic E-state index is 0.199. The molecule has 0 spiro atoms. The van der Waals surface area contributed by atoms with Gasteiger partial charge in [0, 0.05) is 31.0 Å². The molecular formula is C25H27N3O4S. The van der Waals surface area contributed by atoms with Crippen molar-refractivity contribution in [3.05, 3.63) is 90.3 Å². The minimum Gasteiger partial charge on any atom is -0.487 e. The zero-order valence-electron chi connectivity index (χ0n) is 18.6. The Balaban J connectivity index is 1.54. The Labute approximate surface area is 194 Å². The SMILES string of the molecule is CCN(CC)S(=O)(=O)c1ccc(NC(=O)/C=C/c2ccc(OCc3ccccn3)cc2)cc1. The van der Waals surface area contributed by atoms with Gasteiger partial charge in [0.2, 0.25) is 15.9 Å². The van der Waals surface area contributed by atoms with Crippen molar-refractivity contribution in [1.29, 1.82) is 0 Å². The van der Waals surface area contributed by atoms with E-state index in [0.717, 1.165) is 11.3 Å². The van der Waals surface area contributed by atoms with Crippen LogP contribution in [0.25, 0.3) is 6.08 Å². The van der Waals surface area contributed by atoms with Gasteiger partial charge in [0.25, 0.3) is 0 Å². The van der Waals surface area contributed by atoms with Crippen molar-refractivity contribution in [1.82, 2.24) is 9.29 Å². The highest BCUT2D eigenvalue weighted by atomic mass is 32.2. The van der Waals surface area contributed by atoms with E-state index in [1.807, 2.05) is 42.5 Å². The number of anilines is 1. The van der Waals surface area contributed by atoms with E-state index in [-0.39, 0.29) is 10.8 Å². The number of rotatable bonds is 10. The van der Waals surface area contributed by atoms with Crippen molar-refractivity contribution in [3.63, 3.8) is 0 Å². The number of hydrogen-bond donors (Lipinski definition) is 1. The van der Waals surface area contributed by atoms with Crippen LogP contribution < -0.4 is 10.1 Å². The molecule has 33 heavy (non-hydrogen) atoms. The maximum absolute atomic E-state index is 12.5. The molecular weight excluding hydrogens is 438 g/mol. The lowest BCUT2D eigenvalue weighted by atomic mass is 10.2. The van der Waals surface area contributed by atoms with Gasteiger partial charge in [0.1, 0.15) is 12.4 Å². The molecule has 0 aliphatic heterocycles. The molecule has 0 unspecified atom stereocenters. The monoisotopic (exact) mass is 465 g/mol. The molecule has 2 aromatic carbocycles. The van der Waals surface area contributed by atoms with Crippen LogP contribution in [-0.4, -0.2) is 36.7 Å². The topological polar surface area (TPSA) is 88.6 Å². The molecule has 172 valence electrons. The summed E-state index contributed by atoms with van der Waals surface area (Å²) in [6.07, 6.45) is 4.83. The summed E-state index contributed by atoms with van der Waals surface area (Å²) in [5.41, 5.74) is 2.20. The number of amides is 1. The Hall–Kier alpha value is -3.49. The summed E-state index contributed by atoms with van der Waals surface area (Å²) in [5, 5.41) is 2.73. The molecule has 0 aliphatic carbocycles. The zero-order valence-corrected chi connectivity index (χ0v) is 19.5. The summed E-state index contributed by atoms with van der Waals surface area (Å²) in [6.45, 7) is 4.78. The van der Waals surface area contributed by atoms with Gasteiger partial charge < -0.3 is 10.1 Å². The largest absolute Gasteiger partial charge is 0.487 e. The second kappa shape index (κ2) is 11.4. The van der Waals surface area contributed by atoms with Gasteiger partial charge in [0.15, 0.2) is 0 Å². The second-order valence-electron chi connectivity index (χ2n) is 7.12. The molecule has 0 radical (unpaired) electrons. The first-order chi connectivity index (χ1) is 15.9. The van der Waals surface area contributed by atoms with E-state index in [4.69, 9.17) is 4.74 Å². The van der Waals surface area contributed by atoms with Crippen molar-refractivity contribution in [2.45, 2.75) is 25.3 Å². The maximum Gasteiger partial charge on any atom is 0.248 e. The molecule has 3 rings (SSSR count). The van der Waals surface area contributed by atoms with Crippen LogP contribution in [0.5, 0.6) is 5.75 Å². The van der Waals surface area contributed by atoms with Crippen LogP contribution in [0, 0.1) is 0 Å². The van der Waals surface area contributed by atoms with Gasteiger partial charge in [0.05, 0.1) is 10.6 Å². The standard InChI is InChI=1S/C25H27N3O4S/c1-3-28(4-2)33(30,31)24-15-11-21(12-16-24)27-25(29)17-10-20-8-13-23(14-9-20)32-19-22-7-5-6-18-26-22/h5-18H,3-4,19H2,1-2H3,(H,27,29)/b17-10+. The van der Waals surface area contributed by atoms with E-state index >= 15 is 0 Å². The number of aromatic nitrogens is 1. The van der Waals surface area contributed by atoms with Crippen molar-refractivity contribution in [2.24, 2.45) is 0 Å².